The second kappa shape index (κ2) is 11.4. The van der Waals surface area contributed by atoms with Crippen molar-refractivity contribution in [3.05, 3.63) is 57.5 Å². The highest BCUT2D eigenvalue weighted by molar-refractivity contribution is 7.10. The van der Waals surface area contributed by atoms with Gasteiger partial charge in [-0.3, -0.25) is 4.90 Å². The van der Waals surface area contributed by atoms with Gasteiger partial charge in [0.1, 0.15) is 5.82 Å². The first kappa shape index (κ1) is 22.7. The summed E-state index contributed by atoms with van der Waals surface area (Å²) in [5.41, 5.74) is 1.53. The van der Waals surface area contributed by atoms with Gasteiger partial charge in [0.15, 0.2) is 5.96 Å². The zero-order valence-electron chi connectivity index (χ0n) is 18.2. The number of rotatable bonds is 8. The number of nitrogens with zero attached hydrogens (tertiary/aromatic N) is 2. The van der Waals surface area contributed by atoms with Gasteiger partial charge in [0.25, 0.3) is 0 Å². The summed E-state index contributed by atoms with van der Waals surface area (Å²) in [5, 5.41) is 9.04. The van der Waals surface area contributed by atoms with Gasteiger partial charge < -0.3 is 15.4 Å². The number of thiophene rings is 1. The fourth-order valence-corrected chi connectivity index (χ4v) is 5.10. The lowest BCUT2D eigenvalue weighted by atomic mass is 9.88. The second-order valence-electron chi connectivity index (χ2n) is 7.78. The lowest BCUT2D eigenvalue weighted by Crippen LogP contribution is -2.44. The third kappa shape index (κ3) is 6.03. The molecule has 1 aromatic heterocycles. The Balaban J connectivity index is 1.65. The zero-order valence-corrected chi connectivity index (χ0v) is 19.0. The predicted octanol–water partition coefficient (Wildman–Crippen LogP) is 4.17. The average molecular weight is 433 g/mol. The van der Waals surface area contributed by atoms with Crippen molar-refractivity contribution in [1.82, 2.24) is 15.5 Å². The first-order chi connectivity index (χ1) is 14.6. The highest BCUT2D eigenvalue weighted by Crippen LogP contribution is 2.36. The molecule has 5 nitrogen and oxygen atoms in total. The minimum atomic E-state index is -0.240. The highest BCUT2D eigenvalue weighted by atomic mass is 32.1. The Morgan fingerprint density at radius 3 is 2.93 bits per heavy atom. The normalized spacial score (nSPS) is 20.3. The van der Waals surface area contributed by atoms with Crippen molar-refractivity contribution in [3.8, 4) is 0 Å². The molecule has 1 fully saturated rings. The molecule has 2 N–H and O–H groups in total. The van der Waals surface area contributed by atoms with E-state index in [1.807, 2.05) is 17.4 Å². The monoisotopic (exact) mass is 432 g/mol. The molecule has 0 spiro atoms. The number of benzene rings is 1. The fraction of sp³-hybridized carbons (Fsp3) is 0.522. The van der Waals surface area contributed by atoms with Gasteiger partial charge in [0.2, 0.25) is 0 Å². The lowest BCUT2D eigenvalue weighted by Gasteiger charge is -2.39. The van der Waals surface area contributed by atoms with Crippen LogP contribution >= 0.6 is 11.3 Å². The molecule has 2 atom stereocenters. The van der Waals surface area contributed by atoms with Crippen LogP contribution in [0.5, 0.6) is 0 Å². The quantitative estimate of drug-likeness (QED) is 0.486. The van der Waals surface area contributed by atoms with Crippen molar-refractivity contribution < 1.29 is 9.13 Å². The van der Waals surface area contributed by atoms with Crippen LogP contribution in [0.3, 0.4) is 0 Å². The Morgan fingerprint density at radius 1 is 1.33 bits per heavy atom. The average Bonchev–Trinajstić information content (AvgIpc) is 3.26. The third-order valence-electron chi connectivity index (χ3n) is 5.55. The van der Waals surface area contributed by atoms with Crippen molar-refractivity contribution >= 4 is 17.3 Å². The van der Waals surface area contributed by atoms with Crippen LogP contribution < -0.4 is 10.6 Å². The molecule has 164 valence electrons. The van der Waals surface area contributed by atoms with E-state index >= 15 is 0 Å². The van der Waals surface area contributed by atoms with E-state index in [1.54, 1.807) is 13.2 Å². The summed E-state index contributed by atoms with van der Waals surface area (Å²) in [6, 6.07) is 9.93. The number of halogens is 1. The maximum Gasteiger partial charge on any atom is 0.191 e. The van der Waals surface area contributed by atoms with Crippen LogP contribution in [0, 0.1) is 11.7 Å². The molecule has 30 heavy (non-hydrogen) atoms. The molecular formula is C23H33FN4OS. The molecule has 0 saturated carbocycles. The van der Waals surface area contributed by atoms with Crippen LogP contribution in [0.1, 0.15) is 41.8 Å². The molecular weight excluding hydrogens is 399 g/mol. The molecule has 1 aliphatic rings. The van der Waals surface area contributed by atoms with Crippen LogP contribution in [0.2, 0.25) is 0 Å². The van der Waals surface area contributed by atoms with Crippen molar-refractivity contribution in [2.45, 2.75) is 39.0 Å². The van der Waals surface area contributed by atoms with Gasteiger partial charge in [-0.2, -0.15) is 0 Å². The number of hydrogen-bond acceptors (Lipinski definition) is 4. The molecule has 0 amide bonds. The molecule has 0 bridgehead atoms. The number of nitrogens with one attached hydrogen (secondary N) is 2. The lowest BCUT2D eigenvalue weighted by molar-refractivity contribution is 0.125. The van der Waals surface area contributed by atoms with Gasteiger partial charge in [0, 0.05) is 36.7 Å². The third-order valence-corrected chi connectivity index (χ3v) is 6.49. The Hall–Kier alpha value is -1.96. The summed E-state index contributed by atoms with van der Waals surface area (Å²) in [7, 11) is 3.80. The van der Waals surface area contributed by atoms with Crippen molar-refractivity contribution in [3.63, 3.8) is 0 Å². The molecule has 3 rings (SSSR count). The van der Waals surface area contributed by atoms with Crippen molar-refractivity contribution in [1.29, 1.82) is 0 Å². The van der Waals surface area contributed by atoms with E-state index in [4.69, 9.17) is 9.73 Å². The van der Waals surface area contributed by atoms with Crippen molar-refractivity contribution in [2.75, 3.05) is 33.8 Å². The van der Waals surface area contributed by atoms with E-state index < -0.39 is 0 Å². The van der Waals surface area contributed by atoms with E-state index in [0.717, 1.165) is 31.2 Å². The predicted molar refractivity (Wildman–Crippen MR) is 122 cm³/mol. The number of ether oxygens (including phenoxy) is 1. The van der Waals surface area contributed by atoms with Gasteiger partial charge >= 0.3 is 0 Å². The fourth-order valence-electron chi connectivity index (χ4n) is 4.11. The number of likely N-dealkylation sites (tertiary alicyclic amines) is 1. The summed E-state index contributed by atoms with van der Waals surface area (Å²) in [5.74, 6) is 1.09. The number of aliphatic imine (C=N–C) groups is 1. The molecule has 0 aliphatic carbocycles. The summed E-state index contributed by atoms with van der Waals surface area (Å²) in [6.07, 6.45) is 2.42. The Morgan fingerprint density at radius 2 is 2.20 bits per heavy atom. The Bertz CT molecular complexity index is 812. The molecule has 2 aromatic rings. The summed E-state index contributed by atoms with van der Waals surface area (Å²) < 4.78 is 18.9. The van der Waals surface area contributed by atoms with Gasteiger partial charge in [-0.15, -0.1) is 11.3 Å². The largest absolute Gasteiger partial charge is 0.380 e. The van der Waals surface area contributed by atoms with Crippen LogP contribution in [-0.2, 0) is 17.9 Å². The van der Waals surface area contributed by atoms with Gasteiger partial charge in [-0.05, 0) is 68.4 Å². The van der Waals surface area contributed by atoms with E-state index in [-0.39, 0.29) is 12.4 Å². The SMILES string of the molecule is CCNC(=NCc1ccc(F)c(COC)c1)NCC1CCCN(C)C1c1cccs1. The first-order valence-corrected chi connectivity index (χ1v) is 11.5. The van der Waals surface area contributed by atoms with Crippen LogP contribution in [0.4, 0.5) is 4.39 Å². The molecule has 1 saturated heterocycles. The molecule has 2 heterocycles. The maximum absolute atomic E-state index is 13.8. The van der Waals surface area contributed by atoms with E-state index in [0.29, 0.717) is 24.1 Å². The van der Waals surface area contributed by atoms with Gasteiger partial charge in [-0.1, -0.05) is 12.1 Å². The van der Waals surface area contributed by atoms with Crippen LogP contribution in [0.25, 0.3) is 0 Å². The summed E-state index contributed by atoms with van der Waals surface area (Å²) in [4.78, 5) is 8.63. The first-order valence-electron chi connectivity index (χ1n) is 10.6. The van der Waals surface area contributed by atoms with E-state index in [1.165, 1.54) is 23.8 Å². The van der Waals surface area contributed by atoms with Gasteiger partial charge in [0.05, 0.1) is 13.2 Å². The molecule has 2 unspecified atom stereocenters. The molecule has 0 radical (unpaired) electrons. The number of hydrogen-bond donors (Lipinski definition) is 2. The smallest absolute Gasteiger partial charge is 0.191 e. The van der Waals surface area contributed by atoms with Gasteiger partial charge in [-0.25, -0.2) is 9.38 Å². The highest BCUT2D eigenvalue weighted by Gasteiger charge is 2.31. The number of piperidine rings is 1. The number of guanidine groups is 1. The molecule has 7 heteroatoms. The van der Waals surface area contributed by atoms with Crippen LogP contribution in [-0.4, -0.2) is 44.7 Å². The van der Waals surface area contributed by atoms with E-state index in [2.05, 4.69) is 47.0 Å². The Labute approximate surface area is 183 Å². The molecule has 1 aromatic carbocycles. The minimum absolute atomic E-state index is 0.240. The summed E-state index contributed by atoms with van der Waals surface area (Å²) in [6.45, 7) is 5.63. The van der Waals surface area contributed by atoms with E-state index in [9.17, 15) is 4.39 Å². The Kier molecular flexibility index (Phi) is 8.66. The standard InChI is InChI=1S/C23H33FN4OS/c1-4-25-23(26-14-17-9-10-20(24)19(13-17)16-29-3)27-15-18-7-5-11-28(2)22(18)21-8-6-12-30-21/h6,8-10,12-13,18,22H,4-5,7,11,14-16H2,1-3H3,(H2,25,26,27). The minimum Gasteiger partial charge on any atom is -0.380 e. The van der Waals surface area contributed by atoms with Crippen LogP contribution in [0.15, 0.2) is 40.7 Å². The number of methoxy groups -OCH3 is 1. The topological polar surface area (TPSA) is 48.9 Å². The maximum atomic E-state index is 13.8. The zero-order chi connectivity index (χ0) is 21.3. The summed E-state index contributed by atoms with van der Waals surface area (Å²) >= 11 is 1.84. The second-order valence-corrected chi connectivity index (χ2v) is 8.76. The van der Waals surface area contributed by atoms with Crippen molar-refractivity contribution in [2.24, 2.45) is 10.9 Å². The molecule has 1 aliphatic heterocycles.